The highest BCUT2D eigenvalue weighted by Crippen LogP contribution is 2.26. The standard InChI is InChI=1S/C17H27NO2/c1-2-17(18,19)15-10-7-11-16(12-15)20-13-14-8-5-3-4-6-9-14/h7,10-12,14,19H,2-6,8-9,13,18H2,1H3. The maximum atomic E-state index is 10.1. The molecule has 1 fully saturated rings. The van der Waals surface area contributed by atoms with E-state index in [0.29, 0.717) is 12.3 Å². The van der Waals surface area contributed by atoms with Crippen molar-refractivity contribution in [2.45, 2.75) is 57.6 Å². The van der Waals surface area contributed by atoms with E-state index in [1.54, 1.807) is 0 Å². The Morgan fingerprint density at radius 1 is 1.25 bits per heavy atom. The summed E-state index contributed by atoms with van der Waals surface area (Å²) in [5, 5.41) is 10.1. The summed E-state index contributed by atoms with van der Waals surface area (Å²) >= 11 is 0. The molecule has 0 saturated heterocycles. The SMILES string of the molecule is CCC(N)(O)c1cccc(OCC2CCCCCC2)c1. The van der Waals surface area contributed by atoms with Crippen molar-refractivity contribution in [2.24, 2.45) is 11.7 Å². The molecular formula is C17H27NO2. The topological polar surface area (TPSA) is 55.5 Å². The minimum Gasteiger partial charge on any atom is -0.493 e. The van der Waals surface area contributed by atoms with E-state index < -0.39 is 5.72 Å². The Kier molecular flexibility index (Phi) is 5.44. The van der Waals surface area contributed by atoms with Gasteiger partial charge < -0.3 is 9.84 Å². The number of hydrogen-bond donors (Lipinski definition) is 2. The Labute approximate surface area is 122 Å². The average molecular weight is 277 g/mol. The first-order valence-electron chi connectivity index (χ1n) is 7.86. The van der Waals surface area contributed by atoms with E-state index in [4.69, 9.17) is 10.5 Å². The highest BCUT2D eigenvalue weighted by molar-refractivity contribution is 5.31. The van der Waals surface area contributed by atoms with Gasteiger partial charge in [0.2, 0.25) is 0 Å². The van der Waals surface area contributed by atoms with E-state index in [9.17, 15) is 5.11 Å². The molecule has 1 saturated carbocycles. The molecule has 20 heavy (non-hydrogen) atoms. The van der Waals surface area contributed by atoms with E-state index in [2.05, 4.69) is 0 Å². The summed E-state index contributed by atoms with van der Waals surface area (Å²) in [7, 11) is 0. The third-order valence-electron chi connectivity index (χ3n) is 4.33. The van der Waals surface area contributed by atoms with Crippen molar-refractivity contribution >= 4 is 0 Å². The second-order valence-electron chi connectivity index (χ2n) is 5.97. The maximum absolute atomic E-state index is 10.1. The molecule has 3 heteroatoms. The van der Waals surface area contributed by atoms with Crippen molar-refractivity contribution < 1.29 is 9.84 Å². The first kappa shape index (κ1) is 15.3. The fourth-order valence-electron chi connectivity index (χ4n) is 2.80. The lowest BCUT2D eigenvalue weighted by molar-refractivity contribution is 0.0391. The molecule has 1 aliphatic rings. The molecule has 0 spiro atoms. The summed E-state index contributed by atoms with van der Waals surface area (Å²) < 4.78 is 5.91. The molecule has 1 aromatic carbocycles. The van der Waals surface area contributed by atoms with Gasteiger partial charge in [0.1, 0.15) is 11.5 Å². The summed E-state index contributed by atoms with van der Waals surface area (Å²) in [6.45, 7) is 2.65. The minimum absolute atomic E-state index is 0.485. The molecule has 1 unspecified atom stereocenters. The fourth-order valence-corrected chi connectivity index (χ4v) is 2.80. The van der Waals surface area contributed by atoms with E-state index >= 15 is 0 Å². The number of nitrogens with two attached hydrogens (primary N) is 1. The van der Waals surface area contributed by atoms with Gasteiger partial charge in [-0.25, -0.2) is 0 Å². The molecule has 112 valence electrons. The molecule has 0 heterocycles. The van der Waals surface area contributed by atoms with Crippen molar-refractivity contribution in [1.82, 2.24) is 0 Å². The first-order chi connectivity index (χ1) is 9.62. The van der Waals surface area contributed by atoms with Gasteiger partial charge >= 0.3 is 0 Å². The monoisotopic (exact) mass is 277 g/mol. The molecule has 1 aliphatic carbocycles. The van der Waals surface area contributed by atoms with Crippen LogP contribution < -0.4 is 10.5 Å². The Bertz CT molecular complexity index is 409. The zero-order valence-electron chi connectivity index (χ0n) is 12.5. The van der Waals surface area contributed by atoms with Gasteiger partial charge in [-0.1, -0.05) is 44.7 Å². The van der Waals surface area contributed by atoms with E-state index in [1.165, 1.54) is 38.5 Å². The van der Waals surface area contributed by atoms with Crippen LogP contribution in [0.2, 0.25) is 0 Å². The first-order valence-corrected chi connectivity index (χ1v) is 7.86. The van der Waals surface area contributed by atoms with Crippen LogP contribution in [-0.4, -0.2) is 11.7 Å². The van der Waals surface area contributed by atoms with Crippen LogP contribution in [0.4, 0.5) is 0 Å². The van der Waals surface area contributed by atoms with Crippen molar-refractivity contribution in [3.63, 3.8) is 0 Å². The molecule has 0 bridgehead atoms. The molecule has 3 N–H and O–H groups in total. The second kappa shape index (κ2) is 7.09. The zero-order chi connectivity index (χ0) is 14.4. The highest BCUT2D eigenvalue weighted by atomic mass is 16.5. The number of aliphatic hydroxyl groups is 1. The maximum Gasteiger partial charge on any atom is 0.139 e. The lowest BCUT2D eigenvalue weighted by Crippen LogP contribution is -2.35. The fraction of sp³-hybridized carbons (Fsp3) is 0.647. The molecule has 1 atom stereocenters. The molecule has 2 rings (SSSR count). The van der Waals surface area contributed by atoms with Gasteiger partial charge in [0.05, 0.1) is 6.61 Å². The van der Waals surface area contributed by atoms with Crippen LogP contribution in [0.15, 0.2) is 24.3 Å². The Morgan fingerprint density at radius 2 is 1.95 bits per heavy atom. The summed E-state index contributed by atoms with van der Waals surface area (Å²) in [6, 6.07) is 7.54. The quantitative estimate of drug-likeness (QED) is 0.639. The number of ether oxygens (including phenoxy) is 1. The van der Waals surface area contributed by atoms with Crippen LogP contribution in [0.3, 0.4) is 0 Å². The lowest BCUT2D eigenvalue weighted by Gasteiger charge is -2.22. The molecule has 0 amide bonds. The summed E-state index contributed by atoms with van der Waals surface area (Å²) in [5.74, 6) is 1.48. The van der Waals surface area contributed by atoms with Gasteiger partial charge in [-0.05, 0) is 37.3 Å². The molecule has 1 aromatic rings. The predicted molar refractivity (Wildman–Crippen MR) is 81.5 cm³/mol. The Morgan fingerprint density at radius 3 is 2.60 bits per heavy atom. The summed E-state index contributed by atoms with van der Waals surface area (Å²) in [4.78, 5) is 0. The van der Waals surface area contributed by atoms with Crippen LogP contribution >= 0.6 is 0 Å². The van der Waals surface area contributed by atoms with Gasteiger partial charge in [-0.3, -0.25) is 5.73 Å². The van der Waals surface area contributed by atoms with Crippen LogP contribution in [0, 0.1) is 5.92 Å². The van der Waals surface area contributed by atoms with Crippen molar-refractivity contribution in [1.29, 1.82) is 0 Å². The summed E-state index contributed by atoms with van der Waals surface area (Å²) in [5.41, 5.74) is 5.32. The van der Waals surface area contributed by atoms with Gasteiger partial charge in [-0.2, -0.15) is 0 Å². The van der Waals surface area contributed by atoms with Crippen molar-refractivity contribution in [3.8, 4) is 5.75 Å². The lowest BCUT2D eigenvalue weighted by atomic mass is 10.0. The second-order valence-corrected chi connectivity index (χ2v) is 5.97. The van der Waals surface area contributed by atoms with Crippen LogP contribution in [0.1, 0.15) is 57.4 Å². The van der Waals surface area contributed by atoms with Crippen molar-refractivity contribution in [3.05, 3.63) is 29.8 Å². The van der Waals surface area contributed by atoms with Crippen LogP contribution in [-0.2, 0) is 5.72 Å². The van der Waals surface area contributed by atoms with Gasteiger partial charge in [0, 0.05) is 5.56 Å². The van der Waals surface area contributed by atoms with Crippen LogP contribution in [0.25, 0.3) is 0 Å². The van der Waals surface area contributed by atoms with Crippen molar-refractivity contribution in [2.75, 3.05) is 6.61 Å². The molecular weight excluding hydrogens is 250 g/mol. The Balaban J connectivity index is 1.94. The van der Waals surface area contributed by atoms with Gasteiger partial charge in [-0.15, -0.1) is 0 Å². The third-order valence-corrected chi connectivity index (χ3v) is 4.33. The predicted octanol–water partition coefficient (Wildman–Crippen LogP) is 3.55. The van der Waals surface area contributed by atoms with E-state index in [1.807, 2.05) is 31.2 Å². The molecule has 0 aliphatic heterocycles. The smallest absolute Gasteiger partial charge is 0.139 e. The normalized spacial score (nSPS) is 20.1. The number of hydrogen-bond acceptors (Lipinski definition) is 3. The summed E-state index contributed by atoms with van der Waals surface area (Å²) in [6.07, 6.45) is 8.41. The van der Waals surface area contributed by atoms with Gasteiger partial charge in [0.15, 0.2) is 0 Å². The average Bonchev–Trinajstić information content (AvgIpc) is 2.74. The van der Waals surface area contributed by atoms with E-state index in [-0.39, 0.29) is 0 Å². The molecule has 0 aromatic heterocycles. The minimum atomic E-state index is -1.26. The largest absolute Gasteiger partial charge is 0.493 e. The number of rotatable bonds is 5. The molecule has 3 nitrogen and oxygen atoms in total. The van der Waals surface area contributed by atoms with Crippen LogP contribution in [0.5, 0.6) is 5.75 Å². The number of benzene rings is 1. The zero-order valence-corrected chi connectivity index (χ0v) is 12.5. The van der Waals surface area contributed by atoms with E-state index in [0.717, 1.165) is 17.9 Å². The highest BCUT2D eigenvalue weighted by Gasteiger charge is 2.21. The Hall–Kier alpha value is -1.06. The molecule has 0 radical (unpaired) electrons. The third kappa shape index (κ3) is 4.22. The van der Waals surface area contributed by atoms with Gasteiger partial charge in [0.25, 0.3) is 0 Å².